The molecule has 0 aromatic heterocycles. The minimum atomic E-state index is -0.375. The predicted octanol–water partition coefficient (Wildman–Crippen LogP) is 1.71. The maximum atomic E-state index is 12.0. The van der Waals surface area contributed by atoms with Gasteiger partial charge in [-0.15, -0.1) is 0 Å². The average molecular weight is 297 g/mol. The summed E-state index contributed by atoms with van der Waals surface area (Å²) in [4.78, 5) is 14.5. The van der Waals surface area contributed by atoms with E-state index in [0.29, 0.717) is 12.5 Å². The van der Waals surface area contributed by atoms with E-state index in [-0.39, 0.29) is 18.2 Å². The number of nitrogens with one attached hydrogen (secondary N) is 2. The van der Waals surface area contributed by atoms with Gasteiger partial charge in [-0.3, -0.25) is 0 Å². The molecular formula is C16H31N3O2. The number of rotatable bonds is 6. The van der Waals surface area contributed by atoms with Crippen LogP contribution in [0.4, 0.5) is 4.79 Å². The highest BCUT2D eigenvalue weighted by atomic mass is 16.3. The van der Waals surface area contributed by atoms with E-state index in [1.807, 2.05) is 0 Å². The lowest BCUT2D eigenvalue weighted by molar-refractivity contribution is 0.161. The predicted molar refractivity (Wildman–Crippen MR) is 84.3 cm³/mol. The first-order valence-corrected chi connectivity index (χ1v) is 8.53. The van der Waals surface area contributed by atoms with Crippen LogP contribution in [0.2, 0.25) is 0 Å². The Kier molecular flexibility index (Phi) is 6.30. The highest BCUT2D eigenvalue weighted by Gasteiger charge is 2.34. The number of hydrogen-bond donors (Lipinski definition) is 3. The van der Waals surface area contributed by atoms with Crippen LogP contribution in [0.15, 0.2) is 0 Å². The molecule has 0 bridgehead atoms. The number of urea groups is 1. The summed E-state index contributed by atoms with van der Waals surface area (Å²) in [5.41, 5.74) is -0.375. The Morgan fingerprint density at radius 2 is 1.86 bits per heavy atom. The van der Waals surface area contributed by atoms with Crippen LogP contribution >= 0.6 is 0 Å². The fraction of sp³-hybridized carbons (Fsp3) is 0.938. The second kappa shape index (κ2) is 7.99. The molecule has 1 aliphatic heterocycles. The standard InChI is InChI=1S/C16H31N3O2/c1-14(12-19-9-5-2-6-10-19)11-17-15(21)18-16(13-20)7-3-4-8-16/h14,20H,2-13H2,1H3,(H2,17,18,21). The van der Waals surface area contributed by atoms with Gasteiger partial charge in [0, 0.05) is 13.1 Å². The number of nitrogens with zero attached hydrogens (tertiary/aromatic N) is 1. The molecule has 1 unspecified atom stereocenters. The third-order valence-electron chi connectivity index (χ3n) is 4.87. The van der Waals surface area contributed by atoms with Gasteiger partial charge in [0.15, 0.2) is 0 Å². The molecule has 0 radical (unpaired) electrons. The van der Waals surface area contributed by atoms with Crippen LogP contribution in [-0.4, -0.2) is 54.4 Å². The Bertz CT molecular complexity index is 323. The molecule has 1 atom stereocenters. The average Bonchev–Trinajstić information content (AvgIpc) is 2.95. The molecule has 0 aromatic rings. The zero-order chi connectivity index (χ0) is 15.1. The van der Waals surface area contributed by atoms with Crippen LogP contribution in [0, 0.1) is 5.92 Å². The van der Waals surface area contributed by atoms with E-state index in [1.54, 1.807) is 0 Å². The van der Waals surface area contributed by atoms with Gasteiger partial charge in [0.2, 0.25) is 0 Å². The van der Waals surface area contributed by atoms with Crippen molar-refractivity contribution in [2.24, 2.45) is 5.92 Å². The first-order valence-electron chi connectivity index (χ1n) is 8.53. The summed E-state index contributed by atoms with van der Waals surface area (Å²) < 4.78 is 0. The lowest BCUT2D eigenvalue weighted by atomic mass is 9.99. The number of likely N-dealkylation sites (tertiary alicyclic amines) is 1. The summed E-state index contributed by atoms with van der Waals surface area (Å²) in [5.74, 6) is 0.461. The van der Waals surface area contributed by atoms with Gasteiger partial charge in [0.25, 0.3) is 0 Å². The number of hydrogen-bond acceptors (Lipinski definition) is 3. The monoisotopic (exact) mass is 297 g/mol. The van der Waals surface area contributed by atoms with Crippen LogP contribution in [0.3, 0.4) is 0 Å². The summed E-state index contributed by atoms with van der Waals surface area (Å²) in [6.45, 7) is 6.39. The van der Waals surface area contributed by atoms with Crippen LogP contribution < -0.4 is 10.6 Å². The van der Waals surface area contributed by atoms with Gasteiger partial charge >= 0.3 is 6.03 Å². The van der Waals surface area contributed by atoms with Gasteiger partial charge in [-0.2, -0.15) is 0 Å². The van der Waals surface area contributed by atoms with Gasteiger partial charge in [0.05, 0.1) is 12.1 Å². The van der Waals surface area contributed by atoms with E-state index in [4.69, 9.17) is 0 Å². The van der Waals surface area contributed by atoms with Crippen molar-refractivity contribution in [1.29, 1.82) is 0 Å². The minimum Gasteiger partial charge on any atom is -0.394 e. The van der Waals surface area contributed by atoms with Crippen molar-refractivity contribution >= 4 is 6.03 Å². The van der Waals surface area contributed by atoms with Crippen LogP contribution in [0.25, 0.3) is 0 Å². The molecule has 21 heavy (non-hydrogen) atoms. The van der Waals surface area contributed by atoms with Gasteiger partial charge < -0.3 is 20.6 Å². The topological polar surface area (TPSA) is 64.6 Å². The Balaban J connectivity index is 1.65. The molecule has 2 fully saturated rings. The Morgan fingerprint density at radius 1 is 1.19 bits per heavy atom. The molecule has 2 rings (SSSR count). The molecule has 1 saturated carbocycles. The van der Waals surface area contributed by atoms with Gasteiger partial charge in [0.1, 0.15) is 0 Å². The van der Waals surface area contributed by atoms with E-state index < -0.39 is 0 Å². The summed E-state index contributed by atoms with van der Waals surface area (Å²) in [6.07, 6.45) is 7.92. The first kappa shape index (κ1) is 16.6. The molecule has 5 heteroatoms. The molecular weight excluding hydrogens is 266 g/mol. The largest absolute Gasteiger partial charge is 0.394 e. The van der Waals surface area contributed by atoms with E-state index in [0.717, 1.165) is 32.2 Å². The van der Waals surface area contributed by atoms with Crippen molar-refractivity contribution in [3.05, 3.63) is 0 Å². The number of aliphatic hydroxyl groups is 1. The summed E-state index contributed by atoms with van der Waals surface area (Å²) in [7, 11) is 0. The van der Waals surface area contributed by atoms with Crippen molar-refractivity contribution in [3.8, 4) is 0 Å². The van der Waals surface area contributed by atoms with E-state index in [9.17, 15) is 9.90 Å². The molecule has 0 aromatic carbocycles. The van der Waals surface area contributed by atoms with Crippen LogP contribution in [-0.2, 0) is 0 Å². The summed E-state index contributed by atoms with van der Waals surface area (Å²) in [6, 6.07) is -0.128. The number of carbonyl (C=O) groups is 1. The van der Waals surface area contributed by atoms with E-state index in [2.05, 4.69) is 22.5 Å². The number of piperidine rings is 1. The second-order valence-corrected chi connectivity index (χ2v) is 6.95. The summed E-state index contributed by atoms with van der Waals surface area (Å²) >= 11 is 0. The minimum absolute atomic E-state index is 0.0454. The Morgan fingerprint density at radius 3 is 2.48 bits per heavy atom. The summed E-state index contributed by atoms with van der Waals surface area (Å²) in [5, 5.41) is 15.5. The smallest absolute Gasteiger partial charge is 0.315 e. The Hall–Kier alpha value is -0.810. The van der Waals surface area contributed by atoms with Crippen LogP contribution in [0.1, 0.15) is 51.9 Å². The first-order chi connectivity index (χ1) is 10.1. The highest BCUT2D eigenvalue weighted by Crippen LogP contribution is 2.28. The van der Waals surface area contributed by atoms with Crippen molar-refractivity contribution < 1.29 is 9.90 Å². The van der Waals surface area contributed by atoms with Gasteiger partial charge in [-0.25, -0.2) is 4.79 Å². The second-order valence-electron chi connectivity index (χ2n) is 6.95. The quantitative estimate of drug-likeness (QED) is 0.699. The van der Waals surface area contributed by atoms with Gasteiger partial charge in [-0.05, 0) is 44.7 Å². The van der Waals surface area contributed by atoms with Gasteiger partial charge in [-0.1, -0.05) is 26.2 Å². The molecule has 122 valence electrons. The Labute approximate surface area is 128 Å². The fourth-order valence-electron chi connectivity index (χ4n) is 3.57. The molecule has 3 N–H and O–H groups in total. The maximum absolute atomic E-state index is 12.0. The molecule has 0 spiro atoms. The van der Waals surface area contributed by atoms with Crippen molar-refractivity contribution in [2.75, 3.05) is 32.8 Å². The molecule has 1 saturated heterocycles. The zero-order valence-corrected chi connectivity index (χ0v) is 13.4. The van der Waals surface area contributed by atoms with Crippen LogP contribution in [0.5, 0.6) is 0 Å². The third-order valence-corrected chi connectivity index (χ3v) is 4.87. The SMILES string of the molecule is CC(CNC(=O)NC1(CO)CCCC1)CN1CCCCC1. The van der Waals surface area contributed by atoms with Crippen molar-refractivity contribution in [2.45, 2.75) is 57.4 Å². The lowest BCUT2D eigenvalue weighted by Gasteiger charge is -2.30. The molecule has 1 aliphatic carbocycles. The number of aliphatic hydroxyl groups excluding tert-OH is 1. The lowest BCUT2D eigenvalue weighted by Crippen LogP contribution is -2.53. The number of carbonyl (C=O) groups excluding carboxylic acids is 1. The molecule has 2 amide bonds. The van der Waals surface area contributed by atoms with Crippen molar-refractivity contribution in [1.82, 2.24) is 15.5 Å². The third kappa shape index (κ3) is 5.15. The van der Waals surface area contributed by atoms with E-state index >= 15 is 0 Å². The fourth-order valence-corrected chi connectivity index (χ4v) is 3.57. The highest BCUT2D eigenvalue weighted by molar-refractivity contribution is 5.74. The number of amides is 2. The van der Waals surface area contributed by atoms with Crippen molar-refractivity contribution in [3.63, 3.8) is 0 Å². The van der Waals surface area contributed by atoms with E-state index in [1.165, 1.54) is 32.4 Å². The molecule has 5 nitrogen and oxygen atoms in total. The molecule has 2 aliphatic rings. The maximum Gasteiger partial charge on any atom is 0.315 e. The normalized spacial score (nSPS) is 23.7. The zero-order valence-electron chi connectivity index (χ0n) is 13.4. The molecule has 1 heterocycles.